The van der Waals surface area contributed by atoms with E-state index in [2.05, 4.69) is 13.8 Å². The first-order valence-corrected chi connectivity index (χ1v) is 7.95. The molecule has 0 aromatic rings. The van der Waals surface area contributed by atoms with E-state index in [4.69, 9.17) is 4.74 Å². The molecule has 0 unspecified atom stereocenters. The summed E-state index contributed by atoms with van der Waals surface area (Å²) in [6.45, 7) is 4.36. The Morgan fingerprint density at radius 2 is 1.67 bits per heavy atom. The molecule has 0 aromatic carbocycles. The molecule has 0 atom stereocenters. The summed E-state index contributed by atoms with van der Waals surface area (Å²) in [7, 11) is 0. The molecule has 1 aliphatic rings. The minimum Gasteiger partial charge on any atom is -0.462 e. The monoisotopic (exact) mass is 254 g/mol. The molecule has 1 fully saturated rings. The van der Waals surface area contributed by atoms with Crippen molar-refractivity contribution < 1.29 is 9.53 Å². The van der Waals surface area contributed by atoms with Crippen molar-refractivity contribution in [1.82, 2.24) is 0 Å². The lowest BCUT2D eigenvalue weighted by Crippen LogP contribution is -2.24. The number of hydrogen-bond acceptors (Lipinski definition) is 2. The third kappa shape index (κ3) is 6.42. The molecule has 106 valence electrons. The van der Waals surface area contributed by atoms with Crippen molar-refractivity contribution in [3.8, 4) is 0 Å². The van der Waals surface area contributed by atoms with Crippen LogP contribution in [0.15, 0.2) is 0 Å². The third-order valence-electron chi connectivity index (χ3n) is 4.04. The molecule has 1 aliphatic carbocycles. The molecule has 0 radical (unpaired) electrons. The molecule has 18 heavy (non-hydrogen) atoms. The Morgan fingerprint density at radius 3 is 2.28 bits per heavy atom. The molecule has 1 saturated carbocycles. The largest absolute Gasteiger partial charge is 0.462 e. The van der Waals surface area contributed by atoms with Crippen molar-refractivity contribution >= 4 is 5.97 Å². The minimum atomic E-state index is 0.0197. The van der Waals surface area contributed by atoms with Crippen molar-refractivity contribution in [2.75, 3.05) is 0 Å². The van der Waals surface area contributed by atoms with Crippen LogP contribution < -0.4 is 0 Å². The van der Waals surface area contributed by atoms with Crippen molar-refractivity contribution in [3.63, 3.8) is 0 Å². The van der Waals surface area contributed by atoms with E-state index >= 15 is 0 Å². The number of carbonyl (C=O) groups excluding carboxylic acids is 1. The van der Waals surface area contributed by atoms with Gasteiger partial charge in [0.1, 0.15) is 6.10 Å². The van der Waals surface area contributed by atoms with Gasteiger partial charge in [-0.2, -0.15) is 0 Å². The summed E-state index contributed by atoms with van der Waals surface area (Å²) in [5.74, 6) is 0.911. The summed E-state index contributed by atoms with van der Waals surface area (Å²) < 4.78 is 5.53. The first-order chi connectivity index (χ1) is 8.76. The summed E-state index contributed by atoms with van der Waals surface area (Å²) in [5.41, 5.74) is 0. The highest BCUT2D eigenvalue weighted by atomic mass is 16.5. The zero-order valence-corrected chi connectivity index (χ0v) is 12.2. The van der Waals surface area contributed by atoms with E-state index < -0.39 is 0 Å². The maximum absolute atomic E-state index is 11.5. The highest BCUT2D eigenvalue weighted by Crippen LogP contribution is 2.30. The number of ether oxygens (including phenoxy) is 1. The lowest BCUT2D eigenvalue weighted by atomic mass is 9.84. The second kappa shape index (κ2) is 9.41. The van der Waals surface area contributed by atoms with E-state index in [1.54, 1.807) is 0 Å². The van der Waals surface area contributed by atoms with Crippen LogP contribution in [-0.4, -0.2) is 12.1 Å². The molecule has 0 saturated heterocycles. The molecule has 0 N–H and O–H groups in total. The summed E-state index contributed by atoms with van der Waals surface area (Å²) in [4.78, 5) is 11.5. The smallest absolute Gasteiger partial charge is 0.306 e. The number of carbonyl (C=O) groups is 1. The molecule has 0 aliphatic heterocycles. The first-order valence-electron chi connectivity index (χ1n) is 7.95. The second-order valence-corrected chi connectivity index (χ2v) is 5.73. The zero-order valence-electron chi connectivity index (χ0n) is 12.2. The molecule has 0 heterocycles. The van der Waals surface area contributed by atoms with E-state index in [9.17, 15) is 4.79 Å². The van der Waals surface area contributed by atoms with E-state index in [0.29, 0.717) is 6.42 Å². The van der Waals surface area contributed by atoms with Crippen LogP contribution in [0, 0.1) is 5.92 Å². The highest BCUT2D eigenvalue weighted by molar-refractivity contribution is 5.69. The molecular formula is C16H30O2. The Bertz CT molecular complexity index is 217. The molecule has 0 bridgehead atoms. The van der Waals surface area contributed by atoms with Crippen LogP contribution in [0.4, 0.5) is 0 Å². The average molecular weight is 254 g/mol. The Balaban J connectivity index is 2.09. The predicted octanol–water partition coefficient (Wildman–Crippen LogP) is 4.86. The van der Waals surface area contributed by atoms with Crippen LogP contribution in [0.3, 0.4) is 0 Å². The standard InChI is InChI=1S/C16H30O2/c1-3-5-7-8-14-10-12-15(13-11-14)18-16(17)9-6-4-2/h14-15H,3-13H2,1-2H3. The van der Waals surface area contributed by atoms with Gasteiger partial charge in [0.2, 0.25) is 0 Å². The Hall–Kier alpha value is -0.530. The SMILES string of the molecule is CCCCCC1CCC(OC(=O)CCCC)CC1. The van der Waals surface area contributed by atoms with Crippen molar-refractivity contribution in [2.24, 2.45) is 5.92 Å². The lowest BCUT2D eigenvalue weighted by molar-refractivity contribution is -0.151. The van der Waals surface area contributed by atoms with Crippen LogP contribution in [0.5, 0.6) is 0 Å². The molecule has 2 nitrogen and oxygen atoms in total. The number of hydrogen-bond donors (Lipinski definition) is 0. The number of esters is 1. The quantitative estimate of drug-likeness (QED) is 0.457. The molecule has 0 aromatic heterocycles. The number of rotatable bonds is 8. The molecule has 0 spiro atoms. The maximum atomic E-state index is 11.5. The maximum Gasteiger partial charge on any atom is 0.306 e. The highest BCUT2D eigenvalue weighted by Gasteiger charge is 2.23. The Kier molecular flexibility index (Phi) is 8.11. The van der Waals surface area contributed by atoms with Crippen LogP contribution in [0.2, 0.25) is 0 Å². The van der Waals surface area contributed by atoms with Gasteiger partial charge in [0, 0.05) is 6.42 Å². The van der Waals surface area contributed by atoms with Gasteiger partial charge in [-0.1, -0.05) is 46.0 Å². The fraction of sp³-hybridized carbons (Fsp3) is 0.938. The fourth-order valence-corrected chi connectivity index (χ4v) is 2.79. The molecule has 0 amide bonds. The average Bonchev–Trinajstić information content (AvgIpc) is 2.39. The normalized spacial score (nSPS) is 23.9. The van der Waals surface area contributed by atoms with Crippen LogP contribution in [0.1, 0.15) is 84.5 Å². The molecule has 2 heteroatoms. The number of unbranched alkanes of at least 4 members (excludes halogenated alkanes) is 3. The second-order valence-electron chi connectivity index (χ2n) is 5.73. The summed E-state index contributed by atoms with van der Waals surface area (Å²) >= 11 is 0. The predicted molar refractivity (Wildman–Crippen MR) is 75.5 cm³/mol. The van der Waals surface area contributed by atoms with Crippen LogP contribution in [0.25, 0.3) is 0 Å². The molecular weight excluding hydrogens is 224 g/mol. The van der Waals surface area contributed by atoms with Gasteiger partial charge in [-0.3, -0.25) is 4.79 Å². The van der Waals surface area contributed by atoms with E-state index in [-0.39, 0.29) is 12.1 Å². The van der Waals surface area contributed by atoms with Gasteiger partial charge in [0.05, 0.1) is 0 Å². The minimum absolute atomic E-state index is 0.0197. The van der Waals surface area contributed by atoms with Gasteiger partial charge < -0.3 is 4.74 Å². The zero-order chi connectivity index (χ0) is 13.2. The van der Waals surface area contributed by atoms with Gasteiger partial charge in [0.25, 0.3) is 0 Å². The van der Waals surface area contributed by atoms with E-state index in [1.807, 2.05) is 0 Å². The first kappa shape index (κ1) is 15.5. The Morgan fingerprint density at radius 1 is 1.00 bits per heavy atom. The van der Waals surface area contributed by atoms with Gasteiger partial charge in [-0.05, 0) is 38.0 Å². The molecule has 1 rings (SSSR count). The van der Waals surface area contributed by atoms with Gasteiger partial charge >= 0.3 is 5.97 Å². The summed E-state index contributed by atoms with van der Waals surface area (Å²) in [6.07, 6.45) is 13.0. The van der Waals surface area contributed by atoms with Crippen molar-refractivity contribution in [2.45, 2.75) is 90.6 Å². The van der Waals surface area contributed by atoms with Gasteiger partial charge in [-0.15, -0.1) is 0 Å². The summed E-state index contributed by atoms with van der Waals surface area (Å²) in [6, 6.07) is 0. The topological polar surface area (TPSA) is 26.3 Å². The van der Waals surface area contributed by atoms with Gasteiger partial charge in [-0.25, -0.2) is 0 Å². The van der Waals surface area contributed by atoms with Gasteiger partial charge in [0.15, 0.2) is 0 Å². The summed E-state index contributed by atoms with van der Waals surface area (Å²) in [5, 5.41) is 0. The van der Waals surface area contributed by atoms with E-state index in [1.165, 1.54) is 38.5 Å². The fourth-order valence-electron chi connectivity index (χ4n) is 2.79. The van der Waals surface area contributed by atoms with Crippen LogP contribution in [-0.2, 0) is 9.53 Å². The van der Waals surface area contributed by atoms with Crippen molar-refractivity contribution in [1.29, 1.82) is 0 Å². The van der Waals surface area contributed by atoms with Crippen molar-refractivity contribution in [3.05, 3.63) is 0 Å². The Labute approximate surface area is 112 Å². The third-order valence-corrected chi connectivity index (χ3v) is 4.04. The van der Waals surface area contributed by atoms with Crippen LogP contribution >= 0.6 is 0 Å². The lowest BCUT2D eigenvalue weighted by Gasteiger charge is -2.28. The van der Waals surface area contributed by atoms with E-state index in [0.717, 1.165) is 31.6 Å².